The van der Waals surface area contributed by atoms with E-state index in [9.17, 15) is 10.1 Å². The fourth-order valence-corrected chi connectivity index (χ4v) is 1.26. The first-order chi connectivity index (χ1) is 7.54. The van der Waals surface area contributed by atoms with Crippen molar-refractivity contribution in [3.05, 3.63) is 33.9 Å². The molecule has 0 saturated heterocycles. The minimum Gasteiger partial charge on any atom is -0.484 e. The first kappa shape index (κ1) is 12.4. The summed E-state index contributed by atoms with van der Waals surface area (Å²) in [5.74, 6) is 0.197. The molecule has 1 rings (SSSR count). The molecule has 1 aromatic carbocycles. The van der Waals surface area contributed by atoms with Crippen LogP contribution in [-0.2, 0) is 6.42 Å². The van der Waals surface area contributed by atoms with Crippen LogP contribution >= 0.6 is 0 Å². The summed E-state index contributed by atoms with van der Waals surface area (Å²) in [7, 11) is 0. The second kappa shape index (κ2) is 5.46. The predicted molar refractivity (Wildman–Crippen MR) is 59.7 cm³/mol. The molecule has 0 aliphatic rings. The number of aryl methyl sites for hydroxylation is 1. The van der Waals surface area contributed by atoms with Crippen molar-refractivity contribution in [2.75, 3.05) is 6.61 Å². The van der Waals surface area contributed by atoms with Crippen molar-refractivity contribution in [3.8, 4) is 5.75 Å². The Kier molecular flexibility index (Phi) is 4.25. The van der Waals surface area contributed by atoms with Gasteiger partial charge in [-0.25, -0.2) is 0 Å². The molecule has 0 fully saturated rings. The molecule has 0 unspecified atom stereocenters. The molecule has 0 aliphatic heterocycles. The quantitative estimate of drug-likeness (QED) is 0.613. The number of ether oxygens (including phenoxy) is 1. The Labute approximate surface area is 93.8 Å². The maximum absolute atomic E-state index is 10.8. The summed E-state index contributed by atoms with van der Waals surface area (Å²) in [6.07, 6.45) is 0.0859. The van der Waals surface area contributed by atoms with Crippen LogP contribution in [0.2, 0.25) is 0 Å². The summed E-state index contributed by atoms with van der Waals surface area (Å²) >= 11 is 0. The number of rotatable bonds is 5. The Morgan fingerprint density at radius 2 is 2.25 bits per heavy atom. The monoisotopic (exact) mass is 225 g/mol. The maximum Gasteiger partial charge on any atom is 0.311 e. The van der Waals surface area contributed by atoms with Gasteiger partial charge in [-0.3, -0.25) is 10.1 Å². The van der Waals surface area contributed by atoms with Crippen molar-refractivity contribution in [2.45, 2.75) is 26.4 Å². The minimum atomic E-state index is -0.648. The molecule has 16 heavy (non-hydrogen) atoms. The molecule has 0 radical (unpaired) electrons. The van der Waals surface area contributed by atoms with Gasteiger partial charge in [0.05, 0.1) is 11.0 Å². The molecule has 0 bridgehead atoms. The number of aliphatic hydroxyl groups excluding tert-OH is 1. The van der Waals surface area contributed by atoms with Crippen LogP contribution in [0.15, 0.2) is 18.2 Å². The highest BCUT2D eigenvalue weighted by Gasteiger charge is 2.15. The van der Waals surface area contributed by atoms with Gasteiger partial charge in [0, 0.05) is 6.07 Å². The highest BCUT2D eigenvalue weighted by molar-refractivity contribution is 5.48. The molecule has 0 saturated carbocycles. The van der Waals surface area contributed by atoms with Crippen LogP contribution in [0.4, 0.5) is 5.69 Å². The maximum atomic E-state index is 10.8. The minimum absolute atomic E-state index is 0.0479. The predicted octanol–water partition coefficient (Wildman–Crippen LogP) is 1.92. The zero-order valence-corrected chi connectivity index (χ0v) is 9.34. The zero-order valence-electron chi connectivity index (χ0n) is 9.34. The van der Waals surface area contributed by atoms with Gasteiger partial charge in [-0.05, 0) is 25.0 Å². The SMILES string of the molecule is CCc1ccc(OC[C@@H](C)O)c([N+](=O)[O-])c1. The lowest BCUT2D eigenvalue weighted by Crippen LogP contribution is -2.13. The average molecular weight is 225 g/mol. The fraction of sp³-hybridized carbons (Fsp3) is 0.455. The third-order valence-electron chi connectivity index (χ3n) is 2.11. The standard InChI is InChI=1S/C11H15NO4/c1-3-9-4-5-11(16-7-8(2)13)10(6-9)12(14)15/h4-6,8,13H,3,7H2,1-2H3/t8-/m1/s1. The summed E-state index contributed by atoms with van der Waals surface area (Å²) in [6, 6.07) is 4.85. The Morgan fingerprint density at radius 3 is 2.75 bits per heavy atom. The van der Waals surface area contributed by atoms with E-state index in [1.54, 1.807) is 19.1 Å². The van der Waals surface area contributed by atoms with Gasteiger partial charge < -0.3 is 9.84 Å². The molecule has 88 valence electrons. The van der Waals surface area contributed by atoms with Gasteiger partial charge in [-0.2, -0.15) is 0 Å². The summed E-state index contributed by atoms with van der Waals surface area (Å²) in [4.78, 5) is 10.3. The highest BCUT2D eigenvalue weighted by atomic mass is 16.6. The molecule has 0 heterocycles. The number of hydrogen-bond acceptors (Lipinski definition) is 4. The Bertz CT molecular complexity index is 376. The topological polar surface area (TPSA) is 72.6 Å². The van der Waals surface area contributed by atoms with Crippen molar-refractivity contribution in [1.82, 2.24) is 0 Å². The van der Waals surface area contributed by atoms with Crippen molar-refractivity contribution in [2.24, 2.45) is 0 Å². The molecule has 5 heteroatoms. The average Bonchev–Trinajstić information content (AvgIpc) is 2.25. The van der Waals surface area contributed by atoms with E-state index in [4.69, 9.17) is 9.84 Å². The van der Waals surface area contributed by atoms with E-state index in [2.05, 4.69) is 0 Å². The molecule has 0 aromatic heterocycles. The van der Waals surface area contributed by atoms with Gasteiger partial charge in [0.25, 0.3) is 0 Å². The molecule has 1 aromatic rings. The molecular formula is C11H15NO4. The van der Waals surface area contributed by atoms with Crippen LogP contribution < -0.4 is 4.74 Å². The normalized spacial score (nSPS) is 12.2. The van der Waals surface area contributed by atoms with Crippen molar-refractivity contribution in [3.63, 3.8) is 0 Å². The number of nitrogens with zero attached hydrogens (tertiary/aromatic N) is 1. The number of aliphatic hydroxyl groups is 1. The van der Waals surface area contributed by atoms with Gasteiger partial charge in [0.1, 0.15) is 6.61 Å². The molecule has 1 atom stereocenters. The smallest absolute Gasteiger partial charge is 0.311 e. The second-order valence-electron chi connectivity index (χ2n) is 3.57. The largest absolute Gasteiger partial charge is 0.484 e. The van der Waals surface area contributed by atoms with Crippen LogP contribution in [-0.4, -0.2) is 22.7 Å². The first-order valence-electron chi connectivity index (χ1n) is 5.12. The third-order valence-corrected chi connectivity index (χ3v) is 2.11. The van der Waals surface area contributed by atoms with Gasteiger partial charge >= 0.3 is 5.69 Å². The van der Waals surface area contributed by atoms with Crippen LogP contribution in [0.25, 0.3) is 0 Å². The van der Waals surface area contributed by atoms with Crippen molar-refractivity contribution >= 4 is 5.69 Å². The fourth-order valence-electron chi connectivity index (χ4n) is 1.26. The van der Waals surface area contributed by atoms with Gasteiger partial charge in [0.15, 0.2) is 5.75 Å². The van der Waals surface area contributed by atoms with E-state index in [1.165, 1.54) is 6.07 Å². The molecule has 1 N–H and O–H groups in total. The summed E-state index contributed by atoms with van der Waals surface area (Å²) in [5, 5.41) is 19.8. The Hall–Kier alpha value is -1.62. The van der Waals surface area contributed by atoms with E-state index >= 15 is 0 Å². The lowest BCUT2D eigenvalue weighted by Gasteiger charge is -2.09. The number of benzene rings is 1. The van der Waals surface area contributed by atoms with Gasteiger partial charge in [-0.15, -0.1) is 0 Å². The van der Waals surface area contributed by atoms with Crippen molar-refractivity contribution in [1.29, 1.82) is 0 Å². The number of hydrogen-bond donors (Lipinski definition) is 1. The zero-order chi connectivity index (χ0) is 12.1. The van der Waals surface area contributed by atoms with Crippen LogP contribution in [0.1, 0.15) is 19.4 Å². The van der Waals surface area contributed by atoms with Crippen LogP contribution in [0.3, 0.4) is 0 Å². The second-order valence-corrected chi connectivity index (χ2v) is 3.57. The van der Waals surface area contributed by atoms with E-state index in [0.717, 1.165) is 12.0 Å². The lowest BCUT2D eigenvalue weighted by atomic mass is 10.1. The van der Waals surface area contributed by atoms with Crippen molar-refractivity contribution < 1.29 is 14.8 Å². The summed E-state index contributed by atoms with van der Waals surface area (Å²) in [5.41, 5.74) is 0.830. The molecule has 0 aliphatic carbocycles. The van der Waals surface area contributed by atoms with Gasteiger partial charge in [0.2, 0.25) is 0 Å². The molecular weight excluding hydrogens is 210 g/mol. The highest BCUT2D eigenvalue weighted by Crippen LogP contribution is 2.28. The summed E-state index contributed by atoms with van der Waals surface area (Å²) in [6.45, 7) is 3.54. The van der Waals surface area contributed by atoms with E-state index < -0.39 is 11.0 Å². The van der Waals surface area contributed by atoms with E-state index in [1.807, 2.05) is 6.92 Å². The van der Waals surface area contributed by atoms with E-state index in [-0.39, 0.29) is 18.0 Å². The van der Waals surface area contributed by atoms with E-state index in [0.29, 0.717) is 0 Å². The summed E-state index contributed by atoms with van der Waals surface area (Å²) < 4.78 is 5.17. The third kappa shape index (κ3) is 3.20. The van der Waals surface area contributed by atoms with Gasteiger partial charge in [-0.1, -0.05) is 13.0 Å². The molecule has 0 spiro atoms. The van der Waals surface area contributed by atoms with Crippen LogP contribution in [0.5, 0.6) is 5.75 Å². The number of nitro benzene ring substituents is 1. The molecule has 5 nitrogen and oxygen atoms in total. The van der Waals surface area contributed by atoms with Crippen LogP contribution in [0, 0.1) is 10.1 Å². The number of nitro groups is 1. The Balaban J connectivity index is 2.94. The lowest BCUT2D eigenvalue weighted by molar-refractivity contribution is -0.386. The Morgan fingerprint density at radius 1 is 1.56 bits per heavy atom. The first-order valence-corrected chi connectivity index (χ1v) is 5.12. The molecule has 0 amide bonds.